The van der Waals surface area contributed by atoms with Crippen molar-refractivity contribution in [2.24, 2.45) is 0 Å². The highest BCUT2D eigenvalue weighted by Crippen LogP contribution is 2.31. The van der Waals surface area contributed by atoms with Gasteiger partial charge < -0.3 is 4.90 Å². The molecule has 7 heteroatoms. The van der Waals surface area contributed by atoms with Gasteiger partial charge in [0, 0.05) is 31.2 Å². The zero-order valence-electron chi connectivity index (χ0n) is 21.4. The van der Waals surface area contributed by atoms with Crippen LogP contribution in [-0.4, -0.2) is 52.7 Å². The number of hydrogen-bond acceptors (Lipinski definition) is 5. The van der Waals surface area contributed by atoms with Gasteiger partial charge in [0.1, 0.15) is 6.04 Å². The molecule has 0 N–H and O–H groups in total. The van der Waals surface area contributed by atoms with E-state index in [-0.39, 0.29) is 24.3 Å². The zero-order valence-corrected chi connectivity index (χ0v) is 21.4. The third kappa shape index (κ3) is 5.09. The van der Waals surface area contributed by atoms with Gasteiger partial charge in [-0.05, 0) is 61.2 Å². The van der Waals surface area contributed by atoms with E-state index in [0.717, 1.165) is 42.9 Å². The SMILES string of the molecule is Cc1ccccc1C(=O)N(C1CCN(Cc2ccccc2)CC1)C1CC(=O)N(c2ccc(C#N)cc2)C1=O. The molecule has 5 rings (SSSR count). The van der Waals surface area contributed by atoms with Gasteiger partial charge in [0.15, 0.2) is 0 Å². The van der Waals surface area contributed by atoms with E-state index in [1.165, 1.54) is 5.56 Å². The molecule has 0 spiro atoms. The molecule has 38 heavy (non-hydrogen) atoms. The predicted octanol–water partition coefficient (Wildman–Crippen LogP) is 4.31. The van der Waals surface area contributed by atoms with E-state index >= 15 is 0 Å². The minimum atomic E-state index is -0.865. The number of likely N-dealkylation sites (tertiary alicyclic amines) is 1. The van der Waals surface area contributed by atoms with E-state index in [0.29, 0.717) is 16.8 Å². The lowest BCUT2D eigenvalue weighted by Crippen LogP contribution is -2.54. The average molecular weight is 507 g/mol. The molecule has 1 unspecified atom stereocenters. The first-order valence-electron chi connectivity index (χ1n) is 13.0. The Balaban J connectivity index is 1.40. The van der Waals surface area contributed by atoms with Crippen LogP contribution in [0.2, 0.25) is 0 Å². The number of piperidine rings is 1. The Morgan fingerprint density at radius 1 is 0.947 bits per heavy atom. The molecular weight excluding hydrogens is 476 g/mol. The molecule has 0 radical (unpaired) electrons. The smallest absolute Gasteiger partial charge is 0.257 e. The fourth-order valence-corrected chi connectivity index (χ4v) is 5.50. The van der Waals surface area contributed by atoms with Crippen LogP contribution in [0.4, 0.5) is 5.69 Å². The standard InChI is InChI=1S/C31H30N4O3/c1-22-7-5-6-10-27(22)30(37)34(26-15-17-33(18-16-26)21-24-8-3-2-4-9-24)28-19-29(36)35(31(28)38)25-13-11-23(20-32)12-14-25/h2-14,26,28H,15-19,21H2,1H3. The molecule has 1 atom stereocenters. The highest BCUT2D eigenvalue weighted by atomic mass is 16.2. The van der Waals surface area contributed by atoms with Crippen molar-refractivity contribution in [1.29, 1.82) is 5.26 Å². The van der Waals surface area contributed by atoms with Gasteiger partial charge in [-0.3, -0.25) is 19.3 Å². The molecule has 2 aliphatic rings. The number of amides is 3. The average Bonchev–Trinajstić information content (AvgIpc) is 3.23. The van der Waals surface area contributed by atoms with Gasteiger partial charge in [-0.25, -0.2) is 4.90 Å². The van der Waals surface area contributed by atoms with Crippen LogP contribution in [0.15, 0.2) is 78.9 Å². The van der Waals surface area contributed by atoms with Crippen LogP contribution >= 0.6 is 0 Å². The van der Waals surface area contributed by atoms with Crippen LogP contribution in [0.25, 0.3) is 0 Å². The molecule has 3 aromatic rings. The molecule has 0 bridgehead atoms. The number of rotatable bonds is 6. The van der Waals surface area contributed by atoms with Gasteiger partial charge in [0.25, 0.3) is 11.8 Å². The zero-order chi connectivity index (χ0) is 26.6. The fraction of sp³-hybridized carbons (Fsp3) is 0.290. The van der Waals surface area contributed by atoms with Gasteiger partial charge in [-0.1, -0.05) is 48.5 Å². The minimum Gasteiger partial charge on any atom is -0.323 e. The number of hydrogen-bond donors (Lipinski definition) is 0. The van der Waals surface area contributed by atoms with Gasteiger partial charge in [-0.2, -0.15) is 5.26 Å². The number of nitriles is 1. The second-order valence-corrected chi connectivity index (χ2v) is 9.97. The second kappa shape index (κ2) is 11.0. The second-order valence-electron chi connectivity index (χ2n) is 9.97. The Bertz CT molecular complexity index is 1370. The molecule has 0 saturated carbocycles. The van der Waals surface area contributed by atoms with E-state index in [1.807, 2.05) is 49.4 Å². The third-order valence-corrected chi connectivity index (χ3v) is 7.52. The van der Waals surface area contributed by atoms with Crippen LogP contribution in [0.1, 0.15) is 46.3 Å². The number of imide groups is 1. The van der Waals surface area contributed by atoms with Crippen molar-refractivity contribution in [2.75, 3.05) is 18.0 Å². The topological polar surface area (TPSA) is 84.7 Å². The fourth-order valence-electron chi connectivity index (χ4n) is 5.50. The summed E-state index contributed by atoms with van der Waals surface area (Å²) in [6, 6.07) is 25.1. The van der Waals surface area contributed by atoms with Crippen LogP contribution in [0.3, 0.4) is 0 Å². The van der Waals surface area contributed by atoms with E-state index in [2.05, 4.69) is 17.0 Å². The molecule has 7 nitrogen and oxygen atoms in total. The summed E-state index contributed by atoms with van der Waals surface area (Å²) in [4.78, 5) is 46.0. The Hall–Kier alpha value is -4.28. The van der Waals surface area contributed by atoms with E-state index in [1.54, 1.807) is 35.2 Å². The maximum atomic E-state index is 14.0. The highest BCUT2D eigenvalue weighted by molar-refractivity contribution is 6.23. The molecule has 2 heterocycles. The number of anilines is 1. The maximum absolute atomic E-state index is 14.0. The van der Waals surface area contributed by atoms with Crippen molar-refractivity contribution < 1.29 is 14.4 Å². The maximum Gasteiger partial charge on any atom is 0.257 e. The van der Waals surface area contributed by atoms with Gasteiger partial charge >= 0.3 is 0 Å². The molecule has 0 aromatic heterocycles. The Kier molecular flexibility index (Phi) is 7.34. The number of nitrogens with zero attached hydrogens (tertiary/aromatic N) is 4. The van der Waals surface area contributed by atoms with Crippen LogP contribution in [0.5, 0.6) is 0 Å². The molecule has 3 aromatic carbocycles. The van der Waals surface area contributed by atoms with Crippen molar-refractivity contribution in [3.05, 3.63) is 101 Å². The summed E-state index contributed by atoms with van der Waals surface area (Å²) < 4.78 is 0. The molecule has 2 saturated heterocycles. The van der Waals surface area contributed by atoms with E-state index in [9.17, 15) is 14.4 Å². The summed E-state index contributed by atoms with van der Waals surface area (Å²) >= 11 is 0. The number of benzene rings is 3. The van der Waals surface area contributed by atoms with Crippen LogP contribution < -0.4 is 4.90 Å². The summed E-state index contributed by atoms with van der Waals surface area (Å²) in [6.45, 7) is 4.32. The van der Waals surface area contributed by atoms with Crippen molar-refractivity contribution in [1.82, 2.24) is 9.80 Å². The normalized spacial score (nSPS) is 18.4. The lowest BCUT2D eigenvalue weighted by atomic mass is 9.97. The van der Waals surface area contributed by atoms with Gasteiger partial charge in [0.2, 0.25) is 5.91 Å². The highest BCUT2D eigenvalue weighted by Gasteiger charge is 2.47. The third-order valence-electron chi connectivity index (χ3n) is 7.52. The molecule has 192 valence electrons. The molecule has 2 aliphatic heterocycles. The number of aryl methyl sites for hydroxylation is 1. The van der Waals surface area contributed by atoms with Crippen molar-refractivity contribution in [3.63, 3.8) is 0 Å². The van der Waals surface area contributed by atoms with Gasteiger partial charge in [0.05, 0.1) is 23.7 Å². The first-order valence-corrected chi connectivity index (χ1v) is 13.0. The van der Waals surface area contributed by atoms with E-state index < -0.39 is 11.9 Å². The van der Waals surface area contributed by atoms with Crippen molar-refractivity contribution in [3.8, 4) is 6.07 Å². The van der Waals surface area contributed by atoms with Crippen LogP contribution in [0, 0.1) is 18.3 Å². The minimum absolute atomic E-state index is 0.0549. The first kappa shape index (κ1) is 25.4. The predicted molar refractivity (Wildman–Crippen MR) is 144 cm³/mol. The Morgan fingerprint density at radius 2 is 1.61 bits per heavy atom. The molecule has 3 amide bonds. The summed E-state index contributed by atoms with van der Waals surface area (Å²) in [7, 11) is 0. The molecular formula is C31H30N4O3. The summed E-state index contributed by atoms with van der Waals surface area (Å²) in [5.74, 6) is -0.945. The Labute approximate surface area is 222 Å². The summed E-state index contributed by atoms with van der Waals surface area (Å²) in [5, 5.41) is 9.10. The van der Waals surface area contributed by atoms with Gasteiger partial charge in [-0.15, -0.1) is 0 Å². The largest absolute Gasteiger partial charge is 0.323 e. The monoisotopic (exact) mass is 506 g/mol. The molecule has 0 aliphatic carbocycles. The number of carbonyl (C=O) groups is 3. The van der Waals surface area contributed by atoms with Crippen LogP contribution in [-0.2, 0) is 16.1 Å². The van der Waals surface area contributed by atoms with Crippen molar-refractivity contribution >= 4 is 23.4 Å². The summed E-state index contributed by atoms with van der Waals surface area (Å²) in [5.41, 5.74) is 3.50. The van der Waals surface area contributed by atoms with E-state index in [4.69, 9.17) is 5.26 Å². The summed E-state index contributed by atoms with van der Waals surface area (Å²) in [6.07, 6.45) is 1.39. The molecule has 2 fully saturated rings. The quantitative estimate of drug-likeness (QED) is 0.466. The van der Waals surface area contributed by atoms with Crippen molar-refractivity contribution in [2.45, 2.75) is 44.8 Å². The first-order chi connectivity index (χ1) is 18.5. The lowest BCUT2D eigenvalue weighted by Gasteiger charge is -2.41. The Morgan fingerprint density at radius 3 is 2.26 bits per heavy atom. The number of carbonyl (C=O) groups excluding carboxylic acids is 3. The lowest BCUT2D eigenvalue weighted by molar-refractivity contribution is -0.123.